The summed E-state index contributed by atoms with van der Waals surface area (Å²) >= 11 is 0. The highest BCUT2D eigenvalue weighted by molar-refractivity contribution is 6.39. The molecule has 8 heteroatoms. The van der Waals surface area contributed by atoms with Crippen LogP contribution in [0.15, 0.2) is 60.7 Å². The fourth-order valence-electron chi connectivity index (χ4n) is 6.28. The fraction of sp³-hybridized carbons (Fsp3) is 0.179. The van der Waals surface area contributed by atoms with E-state index in [9.17, 15) is 29.4 Å². The highest BCUT2D eigenvalue weighted by Crippen LogP contribution is 2.53. The number of aromatic carboxylic acids is 1. The van der Waals surface area contributed by atoms with E-state index in [0.717, 1.165) is 6.42 Å². The molecule has 1 aromatic heterocycles. The molecule has 36 heavy (non-hydrogen) atoms. The molecule has 2 aromatic carbocycles. The third-order valence-electron chi connectivity index (χ3n) is 7.90. The van der Waals surface area contributed by atoms with E-state index in [4.69, 9.17) is 0 Å². The van der Waals surface area contributed by atoms with Gasteiger partial charge in [-0.2, -0.15) is 0 Å². The summed E-state index contributed by atoms with van der Waals surface area (Å²) in [6.07, 6.45) is 4.90. The minimum Gasteiger partial charge on any atom is -0.506 e. The van der Waals surface area contributed by atoms with Crippen LogP contribution in [0.5, 0.6) is 0 Å². The number of nitrogens with zero attached hydrogens (tertiary/aromatic N) is 2. The van der Waals surface area contributed by atoms with Crippen molar-refractivity contribution in [3.63, 3.8) is 0 Å². The van der Waals surface area contributed by atoms with E-state index in [0.29, 0.717) is 16.6 Å². The smallest absolute Gasteiger partial charge is 0.335 e. The Kier molecular flexibility index (Phi) is 4.02. The third-order valence-corrected chi connectivity index (χ3v) is 7.90. The molecule has 1 aliphatic heterocycles. The number of Topliss-reactive ketones (excluding diaryl/α,β-unsaturated/α-hetero) is 1. The molecule has 1 saturated heterocycles. The van der Waals surface area contributed by atoms with E-state index in [1.807, 2.05) is 12.2 Å². The van der Waals surface area contributed by atoms with Crippen molar-refractivity contribution in [1.29, 1.82) is 0 Å². The predicted octanol–water partition coefficient (Wildman–Crippen LogP) is 3.87. The molecular weight excluding hydrogens is 460 g/mol. The molecule has 2 N–H and O–H groups in total. The minimum absolute atomic E-state index is 0.0526. The molecule has 8 nitrogen and oxygen atoms in total. The highest BCUT2D eigenvalue weighted by atomic mass is 16.4. The Balaban J connectivity index is 1.35. The van der Waals surface area contributed by atoms with Crippen LogP contribution in [0.3, 0.4) is 0 Å². The molecule has 2 fully saturated rings. The van der Waals surface area contributed by atoms with Crippen molar-refractivity contribution in [2.45, 2.75) is 6.42 Å². The number of ketones is 1. The van der Waals surface area contributed by atoms with Crippen LogP contribution >= 0.6 is 0 Å². The van der Waals surface area contributed by atoms with Crippen LogP contribution in [0.1, 0.15) is 38.4 Å². The number of anilines is 1. The van der Waals surface area contributed by atoms with Crippen LogP contribution in [0.2, 0.25) is 0 Å². The molecule has 0 radical (unpaired) electrons. The zero-order valence-corrected chi connectivity index (χ0v) is 18.7. The van der Waals surface area contributed by atoms with Crippen LogP contribution in [0.4, 0.5) is 5.69 Å². The third kappa shape index (κ3) is 2.55. The molecule has 4 aliphatic rings. The lowest BCUT2D eigenvalue weighted by Crippen LogP contribution is -2.33. The number of pyridine rings is 1. The van der Waals surface area contributed by atoms with E-state index >= 15 is 0 Å². The molecule has 1 saturated carbocycles. The summed E-state index contributed by atoms with van der Waals surface area (Å²) in [6, 6.07) is 12.5. The van der Waals surface area contributed by atoms with Crippen molar-refractivity contribution in [3.8, 4) is 0 Å². The highest BCUT2D eigenvalue weighted by Gasteiger charge is 2.59. The number of imide groups is 1. The average molecular weight is 478 g/mol. The number of hydrogen-bond acceptors (Lipinski definition) is 6. The SMILES string of the molecule is O=C(O)c1ccc2c(c1)C(O)=C(c1ccc3cccc(N4C(=O)C5C6C=CC(C6)C5C4=O)c3n1)C2=O. The number of hydrogen-bond donors (Lipinski definition) is 2. The van der Waals surface area contributed by atoms with E-state index in [1.165, 1.54) is 23.1 Å². The quantitative estimate of drug-likeness (QED) is 0.432. The van der Waals surface area contributed by atoms with E-state index in [-0.39, 0.29) is 69.2 Å². The number of aliphatic hydroxyl groups excluding tert-OH is 1. The van der Waals surface area contributed by atoms with Gasteiger partial charge in [0.05, 0.1) is 39.9 Å². The van der Waals surface area contributed by atoms with Gasteiger partial charge in [-0.3, -0.25) is 14.4 Å². The van der Waals surface area contributed by atoms with Gasteiger partial charge in [0.15, 0.2) is 5.78 Å². The summed E-state index contributed by atoms with van der Waals surface area (Å²) in [4.78, 5) is 57.2. The molecule has 2 heterocycles. The van der Waals surface area contributed by atoms with Crippen molar-refractivity contribution in [2.75, 3.05) is 4.90 Å². The van der Waals surface area contributed by atoms with Crippen molar-refractivity contribution in [1.82, 2.24) is 4.98 Å². The number of carbonyl (C=O) groups is 4. The summed E-state index contributed by atoms with van der Waals surface area (Å²) in [5, 5.41) is 20.8. The maximum atomic E-state index is 13.4. The lowest BCUT2D eigenvalue weighted by atomic mass is 9.85. The van der Waals surface area contributed by atoms with Gasteiger partial charge in [-0.15, -0.1) is 0 Å². The van der Waals surface area contributed by atoms with E-state index in [2.05, 4.69) is 4.98 Å². The number of carboxylic acid groups (broad SMARTS) is 1. The van der Waals surface area contributed by atoms with Crippen molar-refractivity contribution >= 4 is 51.5 Å². The Bertz CT molecular complexity index is 1620. The number of aliphatic hydroxyl groups is 1. The summed E-state index contributed by atoms with van der Waals surface area (Å²) in [5.74, 6) is -3.02. The van der Waals surface area contributed by atoms with Crippen LogP contribution < -0.4 is 4.90 Å². The zero-order chi connectivity index (χ0) is 24.9. The fourth-order valence-corrected chi connectivity index (χ4v) is 6.28. The maximum Gasteiger partial charge on any atom is 0.335 e. The number of benzene rings is 2. The largest absolute Gasteiger partial charge is 0.506 e. The van der Waals surface area contributed by atoms with Gasteiger partial charge in [0, 0.05) is 16.5 Å². The first-order valence-electron chi connectivity index (χ1n) is 11.7. The summed E-state index contributed by atoms with van der Waals surface area (Å²) in [5.41, 5.74) is 1.10. The zero-order valence-electron chi connectivity index (χ0n) is 18.7. The topological polar surface area (TPSA) is 125 Å². The van der Waals surface area contributed by atoms with E-state index in [1.54, 1.807) is 30.3 Å². The Labute approximate surface area is 204 Å². The molecule has 0 spiro atoms. The number of aromatic nitrogens is 1. The number of fused-ring (bicyclic) bond motifs is 7. The van der Waals surface area contributed by atoms with Gasteiger partial charge in [0.25, 0.3) is 0 Å². The van der Waals surface area contributed by atoms with Crippen LogP contribution in [-0.4, -0.2) is 38.8 Å². The summed E-state index contributed by atoms with van der Waals surface area (Å²) in [7, 11) is 0. The first kappa shape index (κ1) is 20.8. The second kappa shape index (κ2) is 6.97. The minimum atomic E-state index is -1.17. The normalized spacial score (nSPS) is 25.9. The molecule has 3 aliphatic carbocycles. The van der Waals surface area contributed by atoms with Crippen LogP contribution in [-0.2, 0) is 9.59 Å². The molecule has 4 unspecified atom stereocenters. The van der Waals surface area contributed by atoms with Gasteiger partial charge in [-0.25, -0.2) is 14.7 Å². The van der Waals surface area contributed by atoms with Crippen molar-refractivity contribution in [2.24, 2.45) is 23.7 Å². The van der Waals surface area contributed by atoms with Crippen LogP contribution in [0, 0.1) is 23.7 Å². The molecule has 2 amide bonds. The molecular formula is C28H18N2O6. The number of para-hydroxylation sites is 1. The molecule has 4 atom stereocenters. The second-order valence-electron chi connectivity index (χ2n) is 9.68. The second-order valence-corrected chi connectivity index (χ2v) is 9.68. The molecule has 2 bridgehead atoms. The number of carboxylic acids is 1. The van der Waals surface area contributed by atoms with Gasteiger partial charge in [-0.1, -0.05) is 30.4 Å². The van der Waals surface area contributed by atoms with Gasteiger partial charge in [0.1, 0.15) is 5.76 Å². The predicted molar refractivity (Wildman–Crippen MR) is 129 cm³/mol. The van der Waals surface area contributed by atoms with Gasteiger partial charge >= 0.3 is 5.97 Å². The Morgan fingerprint density at radius 1 is 0.917 bits per heavy atom. The Morgan fingerprint density at radius 3 is 2.33 bits per heavy atom. The Morgan fingerprint density at radius 2 is 1.64 bits per heavy atom. The molecule has 7 rings (SSSR count). The van der Waals surface area contributed by atoms with Crippen molar-refractivity contribution < 1.29 is 29.4 Å². The first-order chi connectivity index (χ1) is 17.3. The first-order valence-corrected chi connectivity index (χ1v) is 11.7. The molecule has 176 valence electrons. The van der Waals surface area contributed by atoms with Crippen LogP contribution in [0.25, 0.3) is 22.2 Å². The van der Waals surface area contributed by atoms with E-state index < -0.39 is 11.8 Å². The Hall–Kier alpha value is -4.59. The van der Waals surface area contributed by atoms with Gasteiger partial charge in [0.2, 0.25) is 11.8 Å². The number of carbonyl (C=O) groups excluding carboxylic acids is 3. The number of allylic oxidation sites excluding steroid dienone is 3. The summed E-state index contributed by atoms with van der Waals surface area (Å²) < 4.78 is 0. The maximum absolute atomic E-state index is 13.4. The molecule has 3 aromatic rings. The lowest BCUT2D eigenvalue weighted by molar-refractivity contribution is -0.123. The number of rotatable bonds is 3. The lowest BCUT2D eigenvalue weighted by Gasteiger charge is -2.19. The monoisotopic (exact) mass is 478 g/mol. The standard InChI is InChI=1S/C28H18N2O6/c31-24-16-8-6-15(28(35)36)11-17(16)25(32)22(24)18-9-7-12-2-1-3-19(23(12)29-18)30-26(33)20-13-4-5-14(10-13)21(20)27(30)34/h1-9,11,13-14,20-21,32H,10H2,(H,35,36). The van der Waals surface area contributed by atoms with Gasteiger partial charge < -0.3 is 10.2 Å². The summed E-state index contributed by atoms with van der Waals surface area (Å²) in [6.45, 7) is 0. The van der Waals surface area contributed by atoms with Gasteiger partial charge in [-0.05, 0) is 48.6 Å². The average Bonchev–Trinajstić information content (AvgIpc) is 3.61. The van der Waals surface area contributed by atoms with Crippen molar-refractivity contribution in [3.05, 3.63) is 83.1 Å². The number of amides is 2.